The fourth-order valence-corrected chi connectivity index (χ4v) is 3.44. The van der Waals surface area contributed by atoms with Crippen LogP contribution in [0, 0.1) is 13.8 Å². The Hall–Kier alpha value is -2.34. The summed E-state index contributed by atoms with van der Waals surface area (Å²) < 4.78 is 13.7. The van der Waals surface area contributed by atoms with Crippen LogP contribution >= 0.6 is 0 Å². The van der Waals surface area contributed by atoms with Crippen molar-refractivity contribution in [2.24, 2.45) is 0 Å². The number of fused-ring (bicyclic) bond motifs is 1. The average Bonchev–Trinajstić information content (AvgIpc) is 3.31. The van der Waals surface area contributed by atoms with E-state index in [1.807, 2.05) is 25.1 Å². The van der Waals surface area contributed by atoms with Crippen molar-refractivity contribution in [1.82, 2.24) is 20.1 Å². The van der Waals surface area contributed by atoms with Gasteiger partial charge in [-0.1, -0.05) is 0 Å². The molecule has 0 spiro atoms. The van der Waals surface area contributed by atoms with Gasteiger partial charge in [-0.05, 0) is 51.8 Å². The lowest BCUT2D eigenvalue weighted by Crippen LogP contribution is -2.21. The maximum absolute atomic E-state index is 6.08. The average molecular weight is 340 g/mol. The number of hydrogen-bond acceptors (Lipinski definition) is 5. The van der Waals surface area contributed by atoms with E-state index in [-0.39, 0.29) is 6.04 Å². The Bertz CT molecular complexity index is 908. The Morgan fingerprint density at radius 1 is 1.32 bits per heavy atom. The van der Waals surface area contributed by atoms with E-state index < -0.39 is 0 Å². The van der Waals surface area contributed by atoms with Crippen LogP contribution in [-0.4, -0.2) is 21.9 Å². The van der Waals surface area contributed by atoms with E-state index in [0.29, 0.717) is 12.6 Å². The van der Waals surface area contributed by atoms with Crippen LogP contribution in [-0.2, 0) is 6.54 Å². The number of nitrogens with zero attached hydrogens (tertiary/aromatic N) is 3. The molecule has 25 heavy (non-hydrogen) atoms. The van der Waals surface area contributed by atoms with E-state index in [4.69, 9.17) is 9.15 Å². The molecule has 0 aliphatic heterocycles. The molecule has 1 aliphatic carbocycles. The molecule has 1 saturated carbocycles. The van der Waals surface area contributed by atoms with Gasteiger partial charge in [0.1, 0.15) is 28.7 Å². The normalized spacial score (nSPS) is 15.7. The standard InChI is InChI=1S/C19H24N4O2/c1-11-16-9-15(24-4)7-8-17(16)25-19(11)12(2)20-10-18-22-21-13(3)23(18)14-5-6-14/h7-9,12,14,20H,5-6,10H2,1-4H3/t12-/m1/s1. The molecule has 0 saturated heterocycles. The van der Waals surface area contributed by atoms with Crippen molar-refractivity contribution in [3.8, 4) is 5.75 Å². The maximum Gasteiger partial charge on any atom is 0.147 e. The summed E-state index contributed by atoms with van der Waals surface area (Å²) in [5, 5.41) is 13.2. The Balaban J connectivity index is 1.54. The molecule has 1 N–H and O–H groups in total. The van der Waals surface area contributed by atoms with Gasteiger partial charge in [0.15, 0.2) is 0 Å². The third kappa shape index (κ3) is 2.91. The molecular formula is C19H24N4O2. The first-order chi connectivity index (χ1) is 12.1. The van der Waals surface area contributed by atoms with Crippen LogP contribution in [0.1, 0.15) is 54.8 Å². The van der Waals surface area contributed by atoms with Crippen molar-refractivity contribution in [3.63, 3.8) is 0 Å². The van der Waals surface area contributed by atoms with E-state index >= 15 is 0 Å². The Labute approximate surface area is 147 Å². The quantitative estimate of drug-likeness (QED) is 0.739. The minimum absolute atomic E-state index is 0.0862. The summed E-state index contributed by atoms with van der Waals surface area (Å²) in [5.74, 6) is 3.80. The van der Waals surface area contributed by atoms with Crippen molar-refractivity contribution in [3.05, 3.63) is 41.2 Å². The fourth-order valence-electron chi connectivity index (χ4n) is 3.44. The maximum atomic E-state index is 6.08. The highest BCUT2D eigenvalue weighted by atomic mass is 16.5. The minimum Gasteiger partial charge on any atom is -0.497 e. The summed E-state index contributed by atoms with van der Waals surface area (Å²) in [6.07, 6.45) is 2.46. The number of benzene rings is 1. The third-order valence-electron chi connectivity index (χ3n) is 4.99. The molecule has 0 radical (unpaired) electrons. The molecule has 1 fully saturated rings. The first-order valence-corrected chi connectivity index (χ1v) is 8.79. The molecule has 4 rings (SSSR count). The van der Waals surface area contributed by atoms with Gasteiger partial charge in [-0.3, -0.25) is 0 Å². The van der Waals surface area contributed by atoms with Gasteiger partial charge >= 0.3 is 0 Å². The molecule has 2 heterocycles. The lowest BCUT2D eigenvalue weighted by atomic mass is 10.1. The van der Waals surface area contributed by atoms with Crippen LogP contribution in [0.3, 0.4) is 0 Å². The van der Waals surface area contributed by atoms with Crippen LogP contribution in [0.4, 0.5) is 0 Å². The smallest absolute Gasteiger partial charge is 0.147 e. The van der Waals surface area contributed by atoms with Gasteiger partial charge in [0.2, 0.25) is 0 Å². The van der Waals surface area contributed by atoms with Crippen molar-refractivity contribution in [2.45, 2.75) is 52.2 Å². The first-order valence-electron chi connectivity index (χ1n) is 8.79. The van der Waals surface area contributed by atoms with Crippen molar-refractivity contribution >= 4 is 11.0 Å². The van der Waals surface area contributed by atoms with Gasteiger partial charge < -0.3 is 19.0 Å². The second-order valence-corrected chi connectivity index (χ2v) is 6.82. The number of rotatable bonds is 6. The minimum atomic E-state index is 0.0862. The van der Waals surface area contributed by atoms with E-state index in [9.17, 15) is 0 Å². The number of nitrogens with one attached hydrogen (secondary N) is 1. The molecule has 3 aromatic rings. The number of aromatic nitrogens is 3. The van der Waals surface area contributed by atoms with E-state index in [1.165, 1.54) is 12.8 Å². The first kappa shape index (κ1) is 16.1. The van der Waals surface area contributed by atoms with Crippen molar-refractivity contribution in [1.29, 1.82) is 0 Å². The summed E-state index contributed by atoms with van der Waals surface area (Å²) in [5.41, 5.74) is 2.03. The molecule has 132 valence electrons. The molecule has 0 amide bonds. The second-order valence-electron chi connectivity index (χ2n) is 6.82. The highest BCUT2D eigenvalue weighted by Crippen LogP contribution is 2.36. The van der Waals surface area contributed by atoms with Crippen LogP contribution in [0.2, 0.25) is 0 Å². The summed E-state index contributed by atoms with van der Waals surface area (Å²) >= 11 is 0. The molecule has 1 atom stereocenters. The molecular weight excluding hydrogens is 316 g/mol. The Morgan fingerprint density at radius 3 is 2.84 bits per heavy atom. The number of furan rings is 1. The number of aryl methyl sites for hydroxylation is 2. The molecule has 0 bridgehead atoms. The lowest BCUT2D eigenvalue weighted by molar-refractivity contribution is 0.415. The van der Waals surface area contributed by atoms with Gasteiger partial charge in [-0.2, -0.15) is 0 Å². The number of ether oxygens (including phenoxy) is 1. The van der Waals surface area contributed by atoms with Gasteiger partial charge in [0.25, 0.3) is 0 Å². The molecule has 2 aromatic heterocycles. The highest BCUT2D eigenvalue weighted by Gasteiger charge is 2.28. The second kappa shape index (κ2) is 6.19. The monoisotopic (exact) mass is 340 g/mol. The zero-order valence-electron chi connectivity index (χ0n) is 15.2. The van der Waals surface area contributed by atoms with Crippen LogP contribution in [0.15, 0.2) is 22.6 Å². The zero-order valence-corrected chi connectivity index (χ0v) is 15.2. The van der Waals surface area contributed by atoms with Crippen molar-refractivity contribution in [2.75, 3.05) is 7.11 Å². The SMILES string of the molecule is COc1ccc2oc([C@@H](C)NCc3nnc(C)n3C3CC3)c(C)c2c1. The lowest BCUT2D eigenvalue weighted by Gasteiger charge is -2.13. The number of methoxy groups -OCH3 is 1. The summed E-state index contributed by atoms with van der Waals surface area (Å²) in [4.78, 5) is 0. The summed E-state index contributed by atoms with van der Waals surface area (Å²) in [7, 11) is 1.68. The largest absolute Gasteiger partial charge is 0.497 e. The Kier molecular flexibility index (Phi) is 4.00. The van der Waals surface area contributed by atoms with Crippen molar-refractivity contribution < 1.29 is 9.15 Å². The fraction of sp³-hybridized carbons (Fsp3) is 0.474. The summed E-state index contributed by atoms with van der Waals surface area (Å²) in [6.45, 7) is 6.91. The zero-order chi connectivity index (χ0) is 17.6. The third-order valence-corrected chi connectivity index (χ3v) is 4.99. The molecule has 0 unspecified atom stereocenters. The van der Waals surface area contributed by atoms with E-state index in [1.54, 1.807) is 7.11 Å². The molecule has 6 nitrogen and oxygen atoms in total. The predicted molar refractivity (Wildman–Crippen MR) is 95.8 cm³/mol. The highest BCUT2D eigenvalue weighted by molar-refractivity contribution is 5.83. The molecule has 1 aromatic carbocycles. The van der Waals surface area contributed by atoms with Gasteiger partial charge in [-0.15, -0.1) is 10.2 Å². The van der Waals surface area contributed by atoms with Gasteiger partial charge in [0.05, 0.1) is 19.7 Å². The van der Waals surface area contributed by atoms with Crippen LogP contribution in [0.25, 0.3) is 11.0 Å². The molecule has 6 heteroatoms. The van der Waals surface area contributed by atoms with Crippen LogP contribution < -0.4 is 10.1 Å². The van der Waals surface area contributed by atoms with Crippen LogP contribution in [0.5, 0.6) is 5.75 Å². The number of hydrogen-bond donors (Lipinski definition) is 1. The topological polar surface area (TPSA) is 65.1 Å². The predicted octanol–water partition coefficient (Wildman–Crippen LogP) is 3.84. The van der Waals surface area contributed by atoms with E-state index in [0.717, 1.165) is 39.7 Å². The van der Waals surface area contributed by atoms with E-state index in [2.05, 4.69) is 33.9 Å². The Morgan fingerprint density at radius 2 is 2.12 bits per heavy atom. The van der Waals surface area contributed by atoms with Gasteiger partial charge in [0, 0.05) is 17.0 Å². The molecule has 1 aliphatic rings. The van der Waals surface area contributed by atoms with Gasteiger partial charge in [-0.25, -0.2) is 0 Å². The summed E-state index contributed by atoms with van der Waals surface area (Å²) in [6, 6.07) is 6.58.